The van der Waals surface area contributed by atoms with E-state index in [9.17, 15) is 0 Å². The van der Waals surface area contributed by atoms with Crippen LogP contribution in [0.3, 0.4) is 0 Å². The molecule has 6 nitrogen and oxygen atoms in total. The molecule has 6 heteroatoms. The first-order valence-electron chi connectivity index (χ1n) is 22.0. The average Bonchev–Trinajstić information content (AvgIpc) is 3.59. The molecular weight excluding hydrogens is 717 g/mol. The number of rotatable bonds is 8. The van der Waals surface area contributed by atoms with Crippen LogP contribution < -0.4 is 19.3 Å². The average molecular weight is 775 g/mol. The maximum Gasteiger partial charge on any atom is 0.178 e. The summed E-state index contributed by atoms with van der Waals surface area (Å²) in [6.07, 6.45) is 12.0. The highest BCUT2D eigenvalue weighted by Gasteiger charge is 2.47. The van der Waals surface area contributed by atoms with Crippen LogP contribution >= 0.6 is 0 Å². The molecule has 0 bridgehead atoms. The molecule has 3 heterocycles. The molecule has 1 atom stereocenters. The van der Waals surface area contributed by atoms with Crippen molar-refractivity contribution in [1.82, 2.24) is 0 Å². The third-order valence-corrected chi connectivity index (χ3v) is 14.6. The van der Waals surface area contributed by atoms with Gasteiger partial charge in [-0.3, -0.25) is 0 Å². The summed E-state index contributed by atoms with van der Waals surface area (Å²) in [4.78, 5) is 4.88. The number of morpholine rings is 2. The minimum atomic E-state index is -0.864. The lowest BCUT2D eigenvalue weighted by Crippen LogP contribution is -2.37. The molecule has 0 spiro atoms. The molecule has 2 saturated heterocycles. The maximum atomic E-state index is 7.84. The van der Waals surface area contributed by atoms with E-state index in [-0.39, 0.29) is 5.41 Å². The van der Waals surface area contributed by atoms with Crippen molar-refractivity contribution in [3.63, 3.8) is 0 Å². The van der Waals surface area contributed by atoms with E-state index in [1.807, 2.05) is 0 Å². The highest BCUT2D eigenvalue weighted by atomic mass is 16.5. The van der Waals surface area contributed by atoms with Gasteiger partial charge in [-0.25, -0.2) is 0 Å². The maximum absolute atomic E-state index is 7.84. The zero-order valence-corrected chi connectivity index (χ0v) is 34.8. The molecule has 1 saturated carbocycles. The Morgan fingerprint density at radius 2 is 1.31 bits per heavy atom. The van der Waals surface area contributed by atoms with Gasteiger partial charge < -0.3 is 28.7 Å². The van der Waals surface area contributed by atoms with Crippen molar-refractivity contribution in [2.45, 2.75) is 76.2 Å². The fraction of sp³-hybridized carbons (Fsp3) is 0.423. The molecule has 0 amide bonds. The minimum Gasteiger partial charge on any atom is -0.497 e. The lowest BCUT2D eigenvalue weighted by Gasteiger charge is -2.40. The van der Waals surface area contributed by atoms with Crippen LogP contribution in [-0.4, -0.2) is 59.7 Å². The Balaban J connectivity index is 1.19. The lowest BCUT2D eigenvalue weighted by molar-refractivity contribution is 0.122. The Hall–Kier alpha value is -4.78. The van der Waals surface area contributed by atoms with E-state index in [1.165, 1.54) is 81.2 Å². The van der Waals surface area contributed by atoms with Crippen LogP contribution in [0.5, 0.6) is 11.5 Å². The molecule has 5 aromatic rings. The second kappa shape index (κ2) is 15.1. The SMILES string of the molecule is CCC1(CC)c2cc(C3CCC(C)CC3)ccc2-c2c1c1c(c3cc(N4CCOCC4)ccc23)OC(c2ccc(OC)cc2)(c2ccc(N3CCOCC3)cc2)C=C1. The molecular formula is C52H58N2O4. The molecule has 10 rings (SSSR count). The third kappa shape index (κ3) is 6.04. The Morgan fingerprint density at radius 3 is 1.95 bits per heavy atom. The summed E-state index contributed by atoms with van der Waals surface area (Å²) in [6, 6.07) is 32.3. The topological polar surface area (TPSA) is 43.4 Å². The van der Waals surface area contributed by atoms with E-state index in [1.54, 1.807) is 7.11 Å². The molecule has 5 aromatic carbocycles. The second-order valence-electron chi connectivity index (χ2n) is 17.4. The van der Waals surface area contributed by atoms with E-state index in [0.717, 1.165) is 94.0 Å². The molecule has 1 unspecified atom stereocenters. The molecule has 300 valence electrons. The molecule has 0 N–H and O–H groups in total. The van der Waals surface area contributed by atoms with E-state index >= 15 is 0 Å². The number of anilines is 2. The Morgan fingerprint density at radius 1 is 0.690 bits per heavy atom. The van der Waals surface area contributed by atoms with Gasteiger partial charge in [0.05, 0.1) is 33.5 Å². The largest absolute Gasteiger partial charge is 0.497 e. The molecule has 2 aliphatic carbocycles. The lowest BCUT2D eigenvalue weighted by atomic mass is 9.70. The van der Waals surface area contributed by atoms with Crippen molar-refractivity contribution in [3.05, 3.63) is 124 Å². The van der Waals surface area contributed by atoms with Crippen LogP contribution in [-0.2, 0) is 20.5 Å². The van der Waals surface area contributed by atoms with Gasteiger partial charge in [0.1, 0.15) is 11.5 Å². The van der Waals surface area contributed by atoms with Gasteiger partial charge in [0.15, 0.2) is 5.60 Å². The zero-order chi connectivity index (χ0) is 39.4. The molecule has 0 aromatic heterocycles. The van der Waals surface area contributed by atoms with Crippen molar-refractivity contribution in [2.24, 2.45) is 5.92 Å². The van der Waals surface area contributed by atoms with Gasteiger partial charge in [-0.1, -0.05) is 88.2 Å². The second-order valence-corrected chi connectivity index (χ2v) is 17.4. The quantitative estimate of drug-likeness (QED) is 0.156. The fourth-order valence-electron chi connectivity index (χ4n) is 11.1. The number of hydrogen-bond donors (Lipinski definition) is 0. The monoisotopic (exact) mass is 774 g/mol. The number of nitrogens with zero attached hydrogens (tertiary/aromatic N) is 2. The summed E-state index contributed by atoms with van der Waals surface area (Å²) in [6.45, 7) is 13.8. The number of methoxy groups -OCH3 is 1. The summed E-state index contributed by atoms with van der Waals surface area (Å²) >= 11 is 0. The number of hydrogen-bond acceptors (Lipinski definition) is 6. The van der Waals surface area contributed by atoms with Crippen LogP contribution in [0.1, 0.15) is 98.6 Å². The smallest absolute Gasteiger partial charge is 0.178 e. The van der Waals surface area contributed by atoms with Gasteiger partial charge in [-0.05, 0) is 113 Å². The van der Waals surface area contributed by atoms with Crippen molar-refractivity contribution in [3.8, 4) is 22.6 Å². The number of fused-ring (bicyclic) bond motifs is 8. The van der Waals surface area contributed by atoms with Crippen molar-refractivity contribution >= 4 is 28.2 Å². The standard InChI is InChI=1S/C52H58N2O4/c1-5-51(6-2)47-33-37(36-9-7-35(3)8-10-36)11-21-44(47)48-43-22-18-41(54-27-31-57-32-28-54)34-46(43)50-45(49(48)51)23-24-52(58-50,39-14-19-42(55-4)20-15-39)38-12-16-40(17-13-38)53-25-29-56-30-26-53/h11-24,33-36H,5-10,25-32H2,1-4H3. The first kappa shape index (κ1) is 37.5. The third-order valence-electron chi connectivity index (χ3n) is 14.6. The van der Waals surface area contributed by atoms with Crippen molar-refractivity contribution in [1.29, 1.82) is 0 Å². The minimum absolute atomic E-state index is 0.128. The van der Waals surface area contributed by atoms with Crippen molar-refractivity contribution in [2.75, 3.05) is 69.5 Å². The predicted octanol–water partition coefficient (Wildman–Crippen LogP) is 11.3. The molecule has 3 aliphatic heterocycles. The summed E-state index contributed by atoms with van der Waals surface area (Å²) in [7, 11) is 1.73. The van der Waals surface area contributed by atoms with Crippen molar-refractivity contribution < 1.29 is 18.9 Å². The van der Waals surface area contributed by atoms with Gasteiger partial charge in [-0.2, -0.15) is 0 Å². The van der Waals surface area contributed by atoms with E-state index < -0.39 is 5.60 Å². The molecule has 3 fully saturated rings. The molecule has 0 radical (unpaired) electrons. The first-order chi connectivity index (χ1) is 28.5. The van der Waals surface area contributed by atoms with Gasteiger partial charge >= 0.3 is 0 Å². The Kier molecular flexibility index (Phi) is 9.77. The van der Waals surface area contributed by atoms with Crippen LogP contribution in [0.2, 0.25) is 0 Å². The van der Waals surface area contributed by atoms with E-state index in [0.29, 0.717) is 5.92 Å². The van der Waals surface area contributed by atoms with Crippen LogP contribution in [0, 0.1) is 5.92 Å². The predicted molar refractivity (Wildman–Crippen MR) is 237 cm³/mol. The van der Waals surface area contributed by atoms with Gasteiger partial charge in [-0.15, -0.1) is 0 Å². The van der Waals surface area contributed by atoms with Crippen LogP contribution in [0.25, 0.3) is 28.0 Å². The van der Waals surface area contributed by atoms with Gasteiger partial charge in [0, 0.05) is 65.0 Å². The summed E-state index contributed by atoms with van der Waals surface area (Å²) in [5.74, 6) is 3.28. The Bertz CT molecular complexity index is 2330. The van der Waals surface area contributed by atoms with Crippen LogP contribution in [0.4, 0.5) is 11.4 Å². The van der Waals surface area contributed by atoms with Crippen LogP contribution in [0.15, 0.2) is 91.0 Å². The normalized spacial score (nSPS) is 23.6. The highest BCUT2D eigenvalue weighted by Crippen LogP contribution is 2.61. The number of ether oxygens (including phenoxy) is 4. The van der Waals surface area contributed by atoms with Gasteiger partial charge in [0.25, 0.3) is 0 Å². The fourth-order valence-corrected chi connectivity index (χ4v) is 11.1. The summed E-state index contributed by atoms with van der Waals surface area (Å²) in [5, 5.41) is 2.45. The molecule has 5 aliphatic rings. The molecule has 58 heavy (non-hydrogen) atoms. The summed E-state index contributed by atoms with van der Waals surface area (Å²) in [5.41, 5.74) is 12.1. The number of benzene rings is 5. The van der Waals surface area contributed by atoms with Gasteiger partial charge in [0.2, 0.25) is 0 Å². The van der Waals surface area contributed by atoms with E-state index in [4.69, 9.17) is 18.9 Å². The first-order valence-corrected chi connectivity index (χ1v) is 22.0. The Labute approximate surface area is 344 Å². The summed E-state index contributed by atoms with van der Waals surface area (Å²) < 4.78 is 25.0. The van der Waals surface area contributed by atoms with E-state index in [2.05, 4.69) is 128 Å². The zero-order valence-electron chi connectivity index (χ0n) is 34.8. The highest BCUT2D eigenvalue weighted by molar-refractivity contribution is 6.09.